The maximum atomic E-state index is 12.4. The van der Waals surface area contributed by atoms with Crippen molar-refractivity contribution in [3.63, 3.8) is 0 Å². The minimum Gasteiger partial charge on any atom is -0.476 e. The summed E-state index contributed by atoms with van der Waals surface area (Å²) in [5, 5.41) is 2.84. The van der Waals surface area contributed by atoms with E-state index in [1.807, 2.05) is 11.0 Å². The molecule has 2 aliphatic rings. The summed E-state index contributed by atoms with van der Waals surface area (Å²) in [6.07, 6.45) is 0.329. The number of amides is 2. The number of fused-ring (bicyclic) bond motifs is 2. The molecule has 2 aromatic rings. The van der Waals surface area contributed by atoms with Crippen LogP contribution in [0.1, 0.15) is 20.3 Å². The molecule has 0 unspecified atom stereocenters. The third kappa shape index (κ3) is 3.18. The zero-order valence-corrected chi connectivity index (χ0v) is 15.4. The second-order valence-corrected chi connectivity index (χ2v) is 7.27. The molecule has 1 fully saturated rings. The van der Waals surface area contributed by atoms with Crippen molar-refractivity contribution >= 4 is 34.5 Å². The molecule has 3 heterocycles. The van der Waals surface area contributed by atoms with Gasteiger partial charge in [-0.1, -0.05) is 0 Å². The summed E-state index contributed by atoms with van der Waals surface area (Å²) in [7, 11) is 0. The molecule has 3 N–H and O–H groups in total. The Labute approximate surface area is 156 Å². The Bertz CT molecular complexity index is 914. The molecule has 144 valence electrons. The summed E-state index contributed by atoms with van der Waals surface area (Å²) in [6, 6.07) is 3.56. The second kappa shape index (κ2) is 6.41. The molecule has 2 amide bonds. The van der Waals surface area contributed by atoms with Crippen LogP contribution in [0.5, 0.6) is 5.75 Å². The normalized spacial score (nSPS) is 18.7. The number of ether oxygens (including phenoxy) is 2. The third-order valence-electron chi connectivity index (χ3n) is 4.95. The molecule has 0 saturated carbocycles. The van der Waals surface area contributed by atoms with E-state index in [1.54, 1.807) is 24.5 Å². The molecule has 4 rings (SSSR count). The van der Waals surface area contributed by atoms with Gasteiger partial charge in [0.15, 0.2) is 5.60 Å². The van der Waals surface area contributed by atoms with E-state index in [0.29, 0.717) is 62.2 Å². The first kappa shape index (κ1) is 17.6. The lowest BCUT2D eigenvalue weighted by atomic mass is 10.1. The standard InChI is InChI=1S/C18H23N5O4/c1-18(2)16(25)20-12-9-11-13(10-14(12)27-18)23(17(19)21-11)4-3-15(24)22-5-7-26-8-6-22/h9-10H,3-8H2,1-2H3,(H2,19,21)(H,20,25). The van der Waals surface area contributed by atoms with E-state index < -0.39 is 5.60 Å². The highest BCUT2D eigenvalue weighted by molar-refractivity contribution is 6.02. The van der Waals surface area contributed by atoms with E-state index >= 15 is 0 Å². The summed E-state index contributed by atoms with van der Waals surface area (Å²) in [5.74, 6) is 0.750. The predicted molar refractivity (Wildman–Crippen MR) is 99.5 cm³/mol. The molecule has 0 bridgehead atoms. The maximum Gasteiger partial charge on any atom is 0.268 e. The number of carbonyl (C=O) groups is 2. The predicted octanol–water partition coefficient (Wildman–Crippen LogP) is 0.977. The van der Waals surface area contributed by atoms with E-state index in [2.05, 4.69) is 10.3 Å². The van der Waals surface area contributed by atoms with Crippen LogP contribution in [-0.2, 0) is 20.9 Å². The quantitative estimate of drug-likeness (QED) is 0.829. The van der Waals surface area contributed by atoms with E-state index in [9.17, 15) is 9.59 Å². The van der Waals surface area contributed by atoms with E-state index in [1.165, 1.54) is 0 Å². The number of aryl methyl sites for hydroxylation is 1. The van der Waals surface area contributed by atoms with Gasteiger partial charge in [0.2, 0.25) is 11.9 Å². The minimum absolute atomic E-state index is 0.0714. The van der Waals surface area contributed by atoms with Crippen LogP contribution in [0.15, 0.2) is 12.1 Å². The number of hydrogen-bond donors (Lipinski definition) is 2. The van der Waals surface area contributed by atoms with Crippen molar-refractivity contribution in [1.29, 1.82) is 0 Å². The number of benzene rings is 1. The van der Waals surface area contributed by atoms with Crippen LogP contribution in [0.2, 0.25) is 0 Å². The minimum atomic E-state index is -0.955. The van der Waals surface area contributed by atoms with Crippen LogP contribution >= 0.6 is 0 Å². The van der Waals surface area contributed by atoms with E-state index in [4.69, 9.17) is 15.2 Å². The number of carbonyl (C=O) groups excluding carboxylic acids is 2. The number of nitrogens with one attached hydrogen (secondary N) is 1. The molecule has 1 saturated heterocycles. The Hall–Kier alpha value is -2.81. The number of aromatic nitrogens is 2. The molecule has 0 radical (unpaired) electrons. The van der Waals surface area contributed by atoms with Crippen LogP contribution in [0.3, 0.4) is 0 Å². The summed E-state index contributed by atoms with van der Waals surface area (Å²) < 4.78 is 12.9. The second-order valence-electron chi connectivity index (χ2n) is 7.27. The van der Waals surface area contributed by atoms with Gasteiger partial charge in [-0.2, -0.15) is 0 Å². The first-order valence-electron chi connectivity index (χ1n) is 9.01. The van der Waals surface area contributed by atoms with Crippen LogP contribution in [0.25, 0.3) is 11.0 Å². The average Bonchev–Trinajstić information content (AvgIpc) is 2.93. The monoisotopic (exact) mass is 373 g/mol. The van der Waals surface area contributed by atoms with Crippen molar-refractivity contribution in [1.82, 2.24) is 14.5 Å². The number of nitrogens with two attached hydrogens (primary N) is 1. The Balaban J connectivity index is 1.59. The van der Waals surface area contributed by atoms with Gasteiger partial charge in [-0.3, -0.25) is 9.59 Å². The number of rotatable bonds is 3. The van der Waals surface area contributed by atoms with Gasteiger partial charge in [0, 0.05) is 32.1 Å². The van der Waals surface area contributed by atoms with Crippen molar-refractivity contribution in [2.45, 2.75) is 32.4 Å². The largest absolute Gasteiger partial charge is 0.476 e. The Morgan fingerprint density at radius 1 is 1.33 bits per heavy atom. The highest BCUT2D eigenvalue weighted by atomic mass is 16.5. The molecule has 2 aliphatic heterocycles. The fraction of sp³-hybridized carbons (Fsp3) is 0.500. The molecular weight excluding hydrogens is 350 g/mol. The summed E-state index contributed by atoms with van der Waals surface area (Å²) in [6.45, 7) is 6.24. The van der Waals surface area contributed by atoms with Gasteiger partial charge >= 0.3 is 0 Å². The highest BCUT2D eigenvalue weighted by Crippen LogP contribution is 2.37. The first-order chi connectivity index (χ1) is 12.8. The molecule has 0 aliphatic carbocycles. The zero-order valence-electron chi connectivity index (χ0n) is 15.4. The Kier molecular flexibility index (Phi) is 4.18. The molecule has 1 aromatic carbocycles. The van der Waals surface area contributed by atoms with Crippen LogP contribution in [-0.4, -0.2) is 58.2 Å². The van der Waals surface area contributed by atoms with Gasteiger partial charge in [-0.15, -0.1) is 0 Å². The Morgan fingerprint density at radius 2 is 2.07 bits per heavy atom. The van der Waals surface area contributed by atoms with Crippen LogP contribution < -0.4 is 15.8 Å². The smallest absolute Gasteiger partial charge is 0.268 e. The van der Waals surface area contributed by atoms with Crippen molar-refractivity contribution in [2.24, 2.45) is 0 Å². The number of anilines is 2. The lowest BCUT2D eigenvalue weighted by molar-refractivity contribution is -0.135. The Morgan fingerprint density at radius 3 is 2.81 bits per heavy atom. The van der Waals surface area contributed by atoms with E-state index in [-0.39, 0.29) is 11.8 Å². The molecule has 27 heavy (non-hydrogen) atoms. The fourth-order valence-corrected chi connectivity index (χ4v) is 3.36. The molecule has 9 nitrogen and oxygen atoms in total. The summed E-state index contributed by atoms with van der Waals surface area (Å²) >= 11 is 0. The molecule has 1 aromatic heterocycles. The lowest BCUT2D eigenvalue weighted by Crippen LogP contribution is -2.45. The van der Waals surface area contributed by atoms with Gasteiger partial charge in [0.25, 0.3) is 5.91 Å². The SMILES string of the molecule is CC1(C)Oc2cc3c(cc2NC1=O)nc(N)n3CCC(=O)N1CCOCC1. The number of nitrogen functional groups attached to an aromatic ring is 1. The maximum absolute atomic E-state index is 12.4. The van der Waals surface area contributed by atoms with Crippen molar-refractivity contribution in [3.05, 3.63) is 12.1 Å². The average molecular weight is 373 g/mol. The summed E-state index contributed by atoms with van der Waals surface area (Å²) in [5.41, 5.74) is 7.11. The third-order valence-corrected chi connectivity index (χ3v) is 4.95. The molecule has 0 atom stereocenters. The van der Waals surface area contributed by atoms with Crippen molar-refractivity contribution < 1.29 is 19.1 Å². The zero-order chi connectivity index (χ0) is 19.2. The van der Waals surface area contributed by atoms with Gasteiger partial charge in [0.1, 0.15) is 5.75 Å². The van der Waals surface area contributed by atoms with Crippen molar-refractivity contribution in [3.8, 4) is 5.75 Å². The molecule has 0 spiro atoms. The lowest BCUT2D eigenvalue weighted by Gasteiger charge is -2.31. The number of hydrogen-bond acceptors (Lipinski definition) is 6. The topological polar surface area (TPSA) is 112 Å². The van der Waals surface area contributed by atoms with Gasteiger partial charge in [-0.25, -0.2) is 4.98 Å². The number of nitrogens with zero attached hydrogens (tertiary/aromatic N) is 3. The fourth-order valence-electron chi connectivity index (χ4n) is 3.36. The van der Waals surface area contributed by atoms with Crippen LogP contribution in [0, 0.1) is 0 Å². The highest BCUT2D eigenvalue weighted by Gasteiger charge is 2.36. The van der Waals surface area contributed by atoms with Gasteiger partial charge < -0.3 is 30.0 Å². The van der Waals surface area contributed by atoms with Crippen molar-refractivity contribution in [2.75, 3.05) is 37.4 Å². The van der Waals surface area contributed by atoms with Gasteiger partial charge in [0.05, 0.1) is 29.9 Å². The summed E-state index contributed by atoms with van der Waals surface area (Å²) in [4.78, 5) is 30.7. The molecule has 9 heteroatoms. The number of imidazole rings is 1. The van der Waals surface area contributed by atoms with Crippen LogP contribution in [0.4, 0.5) is 11.6 Å². The van der Waals surface area contributed by atoms with E-state index in [0.717, 1.165) is 5.52 Å². The first-order valence-corrected chi connectivity index (χ1v) is 9.01. The number of morpholine rings is 1. The van der Waals surface area contributed by atoms with Gasteiger partial charge in [-0.05, 0) is 19.9 Å². The molecular formula is C18H23N5O4.